The normalized spacial score (nSPS) is 11.6. The second kappa shape index (κ2) is 11.5. The molecule has 0 spiro atoms. The van der Waals surface area contributed by atoms with Gasteiger partial charge in [-0.1, -0.05) is 13.0 Å². The minimum atomic E-state index is -0.341. The van der Waals surface area contributed by atoms with Gasteiger partial charge in [0.05, 0.1) is 39.8 Å². The van der Waals surface area contributed by atoms with Gasteiger partial charge in [0.25, 0.3) is 0 Å². The number of methoxy groups -OCH3 is 4. The van der Waals surface area contributed by atoms with Crippen molar-refractivity contribution in [3.8, 4) is 34.3 Å². The fourth-order valence-electron chi connectivity index (χ4n) is 3.91. The van der Waals surface area contributed by atoms with Gasteiger partial charge < -0.3 is 29.1 Å². The van der Waals surface area contributed by atoms with Crippen molar-refractivity contribution in [3.63, 3.8) is 0 Å². The first-order chi connectivity index (χ1) is 16.8. The Morgan fingerprint density at radius 1 is 0.943 bits per heavy atom. The predicted octanol–water partition coefficient (Wildman–Crippen LogP) is 3.70. The standard InChI is InChI=1S/C26H33N3O6/c1-17(26(30)28(2)12-11-18-7-9-22(32-3)24(14-18)34-5)13-20-16-21(27-29(20)31)19-8-10-23(33-4)25(15-19)35-6/h7-10,14-17,31H,11-13H2,1-6H3. The Labute approximate surface area is 205 Å². The molecule has 1 unspecified atom stereocenters. The number of hydrogen-bond acceptors (Lipinski definition) is 7. The van der Waals surface area contributed by atoms with Crippen LogP contribution < -0.4 is 18.9 Å². The molecule has 0 aliphatic heterocycles. The fraction of sp³-hybridized carbons (Fsp3) is 0.385. The lowest BCUT2D eigenvalue weighted by Gasteiger charge is -2.21. The highest BCUT2D eigenvalue weighted by Gasteiger charge is 2.21. The van der Waals surface area contributed by atoms with E-state index in [0.29, 0.717) is 53.8 Å². The van der Waals surface area contributed by atoms with E-state index in [1.807, 2.05) is 31.2 Å². The molecule has 0 radical (unpaired) electrons. The molecule has 1 heterocycles. The van der Waals surface area contributed by atoms with Crippen LogP contribution in [0.25, 0.3) is 11.3 Å². The Morgan fingerprint density at radius 2 is 1.54 bits per heavy atom. The summed E-state index contributed by atoms with van der Waals surface area (Å²) in [6.07, 6.45) is 1.02. The number of aromatic nitrogens is 2. The molecule has 9 nitrogen and oxygen atoms in total. The Morgan fingerprint density at radius 3 is 2.17 bits per heavy atom. The van der Waals surface area contributed by atoms with Gasteiger partial charge in [0.15, 0.2) is 23.0 Å². The third-order valence-corrected chi connectivity index (χ3v) is 5.94. The average Bonchev–Trinajstić information content (AvgIpc) is 3.25. The van der Waals surface area contributed by atoms with Crippen LogP contribution >= 0.6 is 0 Å². The molecule has 0 aliphatic rings. The van der Waals surface area contributed by atoms with E-state index in [1.165, 1.54) is 0 Å². The lowest BCUT2D eigenvalue weighted by Crippen LogP contribution is -2.34. The smallest absolute Gasteiger partial charge is 0.225 e. The third kappa shape index (κ3) is 5.98. The topological polar surface area (TPSA) is 95.3 Å². The first kappa shape index (κ1) is 25.7. The second-order valence-electron chi connectivity index (χ2n) is 8.28. The van der Waals surface area contributed by atoms with Crippen LogP contribution in [-0.4, -0.2) is 68.0 Å². The first-order valence-corrected chi connectivity index (χ1v) is 11.3. The number of benzene rings is 2. The van der Waals surface area contributed by atoms with Crippen molar-refractivity contribution < 1.29 is 28.9 Å². The van der Waals surface area contributed by atoms with Crippen molar-refractivity contribution in [1.82, 2.24) is 14.8 Å². The summed E-state index contributed by atoms with van der Waals surface area (Å²) in [6, 6.07) is 12.9. The van der Waals surface area contributed by atoms with E-state index in [9.17, 15) is 10.0 Å². The molecule has 9 heteroatoms. The van der Waals surface area contributed by atoms with E-state index < -0.39 is 0 Å². The van der Waals surface area contributed by atoms with Gasteiger partial charge in [-0.25, -0.2) is 0 Å². The van der Waals surface area contributed by atoms with Crippen LogP contribution in [0.5, 0.6) is 23.0 Å². The van der Waals surface area contributed by atoms with Crippen molar-refractivity contribution in [1.29, 1.82) is 0 Å². The molecule has 0 saturated carbocycles. The fourth-order valence-corrected chi connectivity index (χ4v) is 3.91. The molecular formula is C26H33N3O6. The Balaban J connectivity index is 1.64. The largest absolute Gasteiger partial charge is 0.493 e. The van der Waals surface area contributed by atoms with Gasteiger partial charge in [-0.15, -0.1) is 9.94 Å². The molecule has 1 atom stereocenters. The maximum atomic E-state index is 13.0. The van der Waals surface area contributed by atoms with Crippen molar-refractivity contribution in [2.45, 2.75) is 19.8 Å². The zero-order chi connectivity index (χ0) is 25.5. The molecule has 0 fully saturated rings. The summed E-state index contributed by atoms with van der Waals surface area (Å²) in [7, 11) is 8.11. The number of nitrogens with zero attached hydrogens (tertiary/aromatic N) is 3. The van der Waals surface area contributed by atoms with E-state index in [0.717, 1.165) is 16.0 Å². The van der Waals surface area contributed by atoms with E-state index in [2.05, 4.69) is 5.10 Å². The highest BCUT2D eigenvalue weighted by Crippen LogP contribution is 2.32. The number of rotatable bonds is 11. The summed E-state index contributed by atoms with van der Waals surface area (Å²) in [5.41, 5.74) is 2.93. The highest BCUT2D eigenvalue weighted by molar-refractivity contribution is 5.78. The van der Waals surface area contributed by atoms with Crippen LogP contribution in [0.4, 0.5) is 0 Å². The molecule has 2 aromatic carbocycles. The molecule has 3 aromatic rings. The zero-order valence-corrected chi connectivity index (χ0v) is 21.1. The van der Waals surface area contributed by atoms with Crippen molar-refractivity contribution in [2.75, 3.05) is 42.0 Å². The van der Waals surface area contributed by atoms with E-state index in [-0.39, 0.29) is 11.8 Å². The van der Waals surface area contributed by atoms with Crippen LogP contribution in [0.1, 0.15) is 18.2 Å². The number of hydrogen-bond donors (Lipinski definition) is 1. The minimum Gasteiger partial charge on any atom is -0.493 e. The maximum Gasteiger partial charge on any atom is 0.225 e. The van der Waals surface area contributed by atoms with E-state index >= 15 is 0 Å². The minimum absolute atomic E-state index is 0.0145. The molecule has 188 valence electrons. The lowest BCUT2D eigenvalue weighted by atomic mass is 10.0. The van der Waals surface area contributed by atoms with Gasteiger partial charge in [-0.05, 0) is 48.4 Å². The van der Waals surface area contributed by atoms with Crippen LogP contribution in [0.15, 0.2) is 42.5 Å². The van der Waals surface area contributed by atoms with Crippen molar-refractivity contribution >= 4 is 5.91 Å². The monoisotopic (exact) mass is 483 g/mol. The predicted molar refractivity (Wildman–Crippen MR) is 132 cm³/mol. The lowest BCUT2D eigenvalue weighted by molar-refractivity contribution is -0.133. The summed E-state index contributed by atoms with van der Waals surface area (Å²) in [4.78, 5) is 15.5. The van der Waals surface area contributed by atoms with Gasteiger partial charge in [0.1, 0.15) is 0 Å². The van der Waals surface area contributed by atoms with Gasteiger partial charge >= 0.3 is 0 Å². The van der Waals surface area contributed by atoms with Crippen LogP contribution in [-0.2, 0) is 17.6 Å². The third-order valence-electron chi connectivity index (χ3n) is 5.94. The van der Waals surface area contributed by atoms with Crippen LogP contribution in [0, 0.1) is 5.92 Å². The van der Waals surface area contributed by atoms with E-state index in [4.69, 9.17) is 18.9 Å². The summed E-state index contributed by atoms with van der Waals surface area (Å²) in [5.74, 6) is 2.15. The molecule has 0 bridgehead atoms. The molecular weight excluding hydrogens is 450 g/mol. The first-order valence-electron chi connectivity index (χ1n) is 11.3. The molecule has 1 aromatic heterocycles. The Kier molecular flexibility index (Phi) is 8.46. The molecule has 0 aliphatic carbocycles. The number of carbonyl (C=O) groups is 1. The van der Waals surface area contributed by atoms with Crippen molar-refractivity contribution in [2.24, 2.45) is 5.92 Å². The Bertz CT molecular complexity index is 1160. The molecule has 0 saturated heterocycles. The van der Waals surface area contributed by atoms with Gasteiger partial charge in [-0.3, -0.25) is 4.79 Å². The SMILES string of the molecule is COc1ccc(CCN(C)C(=O)C(C)Cc2cc(-c3ccc(OC)c(OC)c3)nn2O)cc1OC. The number of ether oxygens (including phenoxy) is 4. The highest BCUT2D eigenvalue weighted by atomic mass is 16.5. The Hall–Kier alpha value is -3.88. The van der Waals surface area contributed by atoms with Crippen LogP contribution in [0.3, 0.4) is 0 Å². The summed E-state index contributed by atoms with van der Waals surface area (Å²) >= 11 is 0. The second-order valence-corrected chi connectivity index (χ2v) is 8.28. The van der Waals surface area contributed by atoms with E-state index in [1.54, 1.807) is 58.6 Å². The molecule has 1 N–H and O–H groups in total. The maximum absolute atomic E-state index is 13.0. The van der Waals surface area contributed by atoms with Gasteiger partial charge in [-0.2, -0.15) is 0 Å². The zero-order valence-electron chi connectivity index (χ0n) is 21.1. The van der Waals surface area contributed by atoms with Crippen molar-refractivity contribution in [3.05, 3.63) is 53.7 Å². The number of carbonyl (C=O) groups excluding carboxylic acids is 1. The molecule has 3 rings (SSSR count). The van der Waals surface area contributed by atoms with Gasteiger partial charge in [0.2, 0.25) is 5.91 Å². The average molecular weight is 484 g/mol. The molecule has 1 amide bonds. The number of likely N-dealkylation sites (N-methyl/N-ethyl adjacent to an activating group) is 1. The quantitative estimate of drug-likeness (QED) is 0.416. The molecule has 35 heavy (non-hydrogen) atoms. The summed E-state index contributed by atoms with van der Waals surface area (Å²) in [5, 5.41) is 14.5. The van der Waals surface area contributed by atoms with Crippen LogP contribution in [0.2, 0.25) is 0 Å². The summed E-state index contributed by atoms with van der Waals surface area (Å²) in [6.45, 7) is 2.40. The summed E-state index contributed by atoms with van der Waals surface area (Å²) < 4.78 is 21.3. The van der Waals surface area contributed by atoms with Gasteiger partial charge in [0, 0.05) is 31.5 Å². The number of amides is 1.